The summed E-state index contributed by atoms with van der Waals surface area (Å²) in [4.78, 5) is 16.9. The van der Waals surface area contributed by atoms with E-state index in [-0.39, 0.29) is 17.5 Å². The van der Waals surface area contributed by atoms with Crippen molar-refractivity contribution < 1.29 is 13.6 Å². The lowest BCUT2D eigenvalue weighted by Crippen LogP contribution is -2.67. The number of carbonyl (C=O) groups is 1. The Morgan fingerprint density at radius 1 is 1.29 bits per heavy atom. The number of benzene rings is 1. The minimum absolute atomic E-state index is 0.0735. The van der Waals surface area contributed by atoms with Gasteiger partial charge in [-0.1, -0.05) is 12.1 Å². The van der Waals surface area contributed by atoms with Gasteiger partial charge in [-0.05, 0) is 19.1 Å². The fourth-order valence-corrected chi connectivity index (χ4v) is 3.14. The summed E-state index contributed by atoms with van der Waals surface area (Å²) in [6, 6.07) is 6.16. The highest BCUT2D eigenvalue weighted by Gasteiger charge is 2.39. The van der Waals surface area contributed by atoms with Crippen LogP contribution in [0.5, 0.6) is 0 Å². The molecule has 3 fully saturated rings. The molecule has 114 valence electrons. The average Bonchev–Trinajstić information content (AvgIpc) is 2.48. The van der Waals surface area contributed by atoms with Crippen LogP contribution in [0.4, 0.5) is 14.5 Å². The van der Waals surface area contributed by atoms with Gasteiger partial charge in [-0.25, -0.2) is 8.78 Å². The van der Waals surface area contributed by atoms with E-state index in [1.807, 2.05) is 0 Å². The SMILES string of the molecule is CC1CN2CCN1CC2C(=O)Nc1cccc(C(F)F)c1. The van der Waals surface area contributed by atoms with Crippen molar-refractivity contribution in [3.05, 3.63) is 29.8 Å². The Labute approximate surface area is 122 Å². The van der Waals surface area contributed by atoms with Crippen LogP contribution in [0, 0.1) is 0 Å². The highest BCUT2D eigenvalue weighted by Crippen LogP contribution is 2.24. The van der Waals surface area contributed by atoms with Gasteiger partial charge in [-0.2, -0.15) is 0 Å². The molecule has 1 N–H and O–H groups in total. The van der Waals surface area contributed by atoms with Crippen LogP contribution in [0.15, 0.2) is 24.3 Å². The van der Waals surface area contributed by atoms with E-state index in [1.54, 1.807) is 6.07 Å². The Morgan fingerprint density at radius 2 is 2.05 bits per heavy atom. The second kappa shape index (κ2) is 5.69. The highest BCUT2D eigenvalue weighted by molar-refractivity contribution is 5.95. The van der Waals surface area contributed by atoms with Gasteiger partial charge in [0.25, 0.3) is 6.43 Å². The standard InChI is InChI=1S/C15H19F2N3O/c1-10-8-20-6-5-19(10)9-13(20)15(21)18-12-4-2-3-11(7-12)14(16)17/h2-4,7,10,13-14H,5-6,8-9H2,1H3,(H,18,21). The van der Waals surface area contributed by atoms with Gasteiger partial charge in [-0.3, -0.25) is 14.6 Å². The Hall–Kier alpha value is -1.53. The van der Waals surface area contributed by atoms with Crippen LogP contribution in [0.25, 0.3) is 0 Å². The molecule has 0 aromatic heterocycles. The number of hydrogen-bond acceptors (Lipinski definition) is 3. The number of nitrogens with one attached hydrogen (secondary N) is 1. The Kier molecular flexibility index (Phi) is 3.91. The molecule has 3 aliphatic heterocycles. The van der Waals surface area contributed by atoms with E-state index >= 15 is 0 Å². The Morgan fingerprint density at radius 3 is 2.67 bits per heavy atom. The molecule has 4 rings (SSSR count). The third-order valence-corrected chi connectivity index (χ3v) is 4.35. The molecular formula is C15H19F2N3O. The summed E-state index contributed by atoms with van der Waals surface area (Å²) < 4.78 is 25.4. The lowest BCUT2D eigenvalue weighted by Gasteiger charge is -2.50. The lowest BCUT2D eigenvalue weighted by atomic mass is 10.0. The van der Waals surface area contributed by atoms with E-state index in [0.29, 0.717) is 18.3 Å². The largest absolute Gasteiger partial charge is 0.325 e. The summed E-state index contributed by atoms with van der Waals surface area (Å²) in [5.74, 6) is -0.113. The minimum atomic E-state index is -2.52. The number of alkyl halides is 2. The summed E-state index contributed by atoms with van der Waals surface area (Å²) in [5.41, 5.74) is 0.360. The van der Waals surface area contributed by atoms with Crippen molar-refractivity contribution in [1.29, 1.82) is 0 Å². The van der Waals surface area contributed by atoms with Crippen LogP contribution in [0.3, 0.4) is 0 Å². The van der Waals surface area contributed by atoms with Crippen molar-refractivity contribution in [3.8, 4) is 0 Å². The summed E-state index contributed by atoms with van der Waals surface area (Å²) >= 11 is 0. The number of carbonyl (C=O) groups excluding carboxylic acids is 1. The van der Waals surface area contributed by atoms with E-state index in [2.05, 4.69) is 22.0 Å². The van der Waals surface area contributed by atoms with Gasteiger partial charge in [0.15, 0.2) is 0 Å². The monoisotopic (exact) mass is 295 g/mol. The molecule has 1 aromatic carbocycles. The zero-order valence-corrected chi connectivity index (χ0v) is 11.9. The molecule has 2 bridgehead atoms. The van der Waals surface area contributed by atoms with Crippen molar-refractivity contribution in [2.45, 2.75) is 25.4 Å². The highest BCUT2D eigenvalue weighted by atomic mass is 19.3. The quantitative estimate of drug-likeness (QED) is 0.926. The number of amides is 1. The maximum Gasteiger partial charge on any atom is 0.263 e. The first-order chi connectivity index (χ1) is 10.0. The molecular weight excluding hydrogens is 276 g/mol. The maximum atomic E-state index is 12.7. The second-order valence-electron chi connectivity index (χ2n) is 5.77. The molecule has 3 heterocycles. The van der Waals surface area contributed by atoms with Crippen LogP contribution in [0.2, 0.25) is 0 Å². The van der Waals surface area contributed by atoms with Crippen molar-refractivity contribution in [3.63, 3.8) is 0 Å². The number of hydrogen-bond donors (Lipinski definition) is 1. The maximum absolute atomic E-state index is 12.7. The van der Waals surface area contributed by atoms with Crippen molar-refractivity contribution in [2.24, 2.45) is 0 Å². The molecule has 3 aliphatic rings. The van der Waals surface area contributed by atoms with Gasteiger partial charge in [0.2, 0.25) is 5.91 Å². The zero-order chi connectivity index (χ0) is 15.0. The Balaban J connectivity index is 1.68. The summed E-state index contributed by atoms with van der Waals surface area (Å²) in [7, 11) is 0. The molecule has 0 radical (unpaired) electrons. The predicted octanol–water partition coefficient (Wildman–Crippen LogP) is 1.95. The molecule has 3 saturated heterocycles. The van der Waals surface area contributed by atoms with Gasteiger partial charge < -0.3 is 5.32 Å². The number of anilines is 1. The third kappa shape index (κ3) is 2.91. The molecule has 6 heteroatoms. The van der Waals surface area contributed by atoms with Gasteiger partial charge in [0, 0.05) is 43.5 Å². The van der Waals surface area contributed by atoms with E-state index in [1.165, 1.54) is 18.2 Å². The van der Waals surface area contributed by atoms with Crippen LogP contribution in [-0.4, -0.2) is 54.0 Å². The van der Waals surface area contributed by atoms with Crippen molar-refractivity contribution in [2.75, 3.05) is 31.5 Å². The fourth-order valence-electron chi connectivity index (χ4n) is 3.14. The molecule has 0 saturated carbocycles. The van der Waals surface area contributed by atoms with Crippen LogP contribution in [-0.2, 0) is 4.79 Å². The number of halogens is 2. The average molecular weight is 295 g/mol. The first-order valence-electron chi connectivity index (χ1n) is 7.21. The van der Waals surface area contributed by atoms with Gasteiger partial charge in [0.1, 0.15) is 6.04 Å². The molecule has 1 aromatic rings. The molecule has 4 unspecified atom stereocenters. The van der Waals surface area contributed by atoms with Crippen molar-refractivity contribution >= 4 is 11.6 Å². The molecule has 0 aliphatic carbocycles. The predicted molar refractivity (Wildman–Crippen MR) is 76.4 cm³/mol. The molecule has 1 amide bonds. The summed E-state index contributed by atoms with van der Waals surface area (Å²) in [6.07, 6.45) is -2.52. The second-order valence-corrected chi connectivity index (χ2v) is 5.77. The van der Waals surface area contributed by atoms with Gasteiger partial charge in [-0.15, -0.1) is 0 Å². The van der Waals surface area contributed by atoms with Crippen LogP contribution in [0.1, 0.15) is 18.9 Å². The van der Waals surface area contributed by atoms with E-state index < -0.39 is 6.43 Å². The molecule has 4 nitrogen and oxygen atoms in total. The fraction of sp³-hybridized carbons (Fsp3) is 0.533. The molecule has 0 spiro atoms. The lowest BCUT2D eigenvalue weighted by molar-refractivity contribution is -0.128. The number of piperazine rings is 3. The summed E-state index contributed by atoms with van der Waals surface area (Å²) in [6.45, 7) is 5.63. The number of fused-ring (bicyclic) bond motifs is 3. The van der Waals surface area contributed by atoms with Gasteiger partial charge in [0.05, 0.1) is 0 Å². The zero-order valence-electron chi connectivity index (χ0n) is 11.9. The van der Waals surface area contributed by atoms with Crippen molar-refractivity contribution in [1.82, 2.24) is 9.80 Å². The first-order valence-corrected chi connectivity index (χ1v) is 7.21. The van der Waals surface area contributed by atoms with Crippen LogP contribution >= 0.6 is 0 Å². The Bertz CT molecular complexity index is 537. The molecule has 4 atom stereocenters. The smallest absolute Gasteiger partial charge is 0.263 e. The van der Waals surface area contributed by atoms with E-state index in [4.69, 9.17) is 0 Å². The van der Waals surface area contributed by atoms with E-state index in [9.17, 15) is 13.6 Å². The van der Waals surface area contributed by atoms with Crippen LogP contribution < -0.4 is 5.32 Å². The first kappa shape index (κ1) is 14.4. The van der Waals surface area contributed by atoms with E-state index in [0.717, 1.165) is 19.6 Å². The number of rotatable bonds is 3. The van der Waals surface area contributed by atoms with Gasteiger partial charge >= 0.3 is 0 Å². The topological polar surface area (TPSA) is 35.6 Å². The molecule has 21 heavy (non-hydrogen) atoms. The number of nitrogens with zero attached hydrogens (tertiary/aromatic N) is 2. The normalized spacial score (nSPS) is 31.4. The third-order valence-electron chi connectivity index (χ3n) is 4.35. The summed E-state index contributed by atoms with van der Waals surface area (Å²) in [5, 5.41) is 2.77. The minimum Gasteiger partial charge on any atom is -0.325 e.